The number of carbonyl (C=O) groups is 2. The van der Waals surface area contributed by atoms with E-state index in [2.05, 4.69) is 9.97 Å². The Labute approximate surface area is 118 Å². The molecule has 0 amide bonds. The number of aliphatic hydroxyl groups excluding tert-OH is 1. The summed E-state index contributed by atoms with van der Waals surface area (Å²) in [5, 5.41) is 20.4. The number of H-pyrrole nitrogens is 1. The number of aliphatic hydroxyl groups is 2. The molecular weight excluding hydrogens is 260 g/mol. The first kappa shape index (κ1) is 16.5. The fourth-order valence-corrected chi connectivity index (χ4v) is 2.44. The van der Waals surface area contributed by atoms with Gasteiger partial charge in [0.1, 0.15) is 5.60 Å². The summed E-state index contributed by atoms with van der Waals surface area (Å²) in [6.07, 6.45) is 1.99. The van der Waals surface area contributed by atoms with E-state index in [0.29, 0.717) is 0 Å². The molecule has 1 heterocycles. The average molecular weight is 282 g/mol. The number of ketones is 1. The molecule has 6 nitrogen and oxygen atoms in total. The molecule has 0 aromatic carbocycles. The van der Waals surface area contributed by atoms with Crippen LogP contribution in [0.15, 0.2) is 12.5 Å². The summed E-state index contributed by atoms with van der Waals surface area (Å²) in [6, 6.07) is 0. The number of nitrogens with one attached hydrogen (secondary N) is 1. The second-order valence-electron chi connectivity index (χ2n) is 6.38. The van der Waals surface area contributed by atoms with Crippen LogP contribution in [0.5, 0.6) is 0 Å². The van der Waals surface area contributed by atoms with Crippen LogP contribution in [-0.2, 0) is 9.59 Å². The van der Waals surface area contributed by atoms with Crippen LogP contribution >= 0.6 is 0 Å². The summed E-state index contributed by atoms with van der Waals surface area (Å²) in [5.41, 5.74) is -1.46. The van der Waals surface area contributed by atoms with Crippen molar-refractivity contribution >= 4 is 12.1 Å². The van der Waals surface area contributed by atoms with E-state index in [1.807, 2.05) is 20.8 Å². The highest BCUT2D eigenvalue weighted by atomic mass is 16.3. The normalized spacial score (nSPS) is 18.1. The minimum Gasteiger partial charge on any atom is -0.392 e. The summed E-state index contributed by atoms with van der Waals surface area (Å²) in [4.78, 5) is 28.8. The van der Waals surface area contributed by atoms with Crippen LogP contribution in [0.2, 0.25) is 0 Å². The van der Waals surface area contributed by atoms with Crippen molar-refractivity contribution in [3.8, 4) is 0 Å². The van der Waals surface area contributed by atoms with E-state index in [0.717, 1.165) is 5.69 Å². The van der Waals surface area contributed by atoms with Gasteiger partial charge in [-0.2, -0.15) is 0 Å². The number of rotatable bonds is 6. The second kappa shape index (κ2) is 5.85. The first-order chi connectivity index (χ1) is 9.09. The first-order valence-corrected chi connectivity index (χ1v) is 6.48. The number of carbonyl (C=O) groups excluding carboxylic acids is 2. The third-order valence-electron chi connectivity index (χ3n) is 3.42. The maximum Gasteiger partial charge on any atom is 0.226 e. The number of aromatic amines is 1. The monoisotopic (exact) mass is 282 g/mol. The summed E-state index contributed by atoms with van der Waals surface area (Å²) < 4.78 is 0. The van der Waals surface area contributed by atoms with E-state index in [9.17, 15) is 19.8 Å². The molecule has 20 heavy (non-hydrogen) atoms. The molecule has 2 unspecified atom stereocenters. The number of hydrogen-bond acceptors (Lipinski definition) is 5. The standard InChI is InChI=1S/C14H22N2O4/c1-13(2,3)12(9-6-15-8-16-9)10(18)5-14(4,20)11(19)7-17/h6-8,10,12,18,20H,5H2,1-4H3,(H,15,16)/t10?,12?,14-/m0/s1. The Balaban J connectivity index is 2.99. The Kier molecular flexibility index (Phi) is 4.83. The number of nitrogens with zero attached hydrogens (tertiary/aromatic N) is 1. The Bertz CT molecular complexity index is 460. The zero-order chi connectivity index (χ0) is 15.6. The molecule has 0 saturated heterocycles. The van der Waals surface area contributed by atoms with Crippen molar-refractivity contribution in [2.24, 2.45) is 5.41 Å². The van der Waals surface area contributed by atoms with Crippen LogP contribution in [0.3, 0.4) is 0 Å². The van der Waals surface area contributed by atoms with Crippen LogP contribution in [0.4, 0.5) is 0 Å². The second-order valence-corrected chi connectivity index (χ2v) is 6.38. The average Bonchev–Trinajstić information content (AvgIpc) is 2.78. The van der Waals surface area contributed by atoms with Crippen molar-refractivity contribution in [2.45, 2.75) is 51.7 Å². The lowest BCUT2D eigenvalue weighted by atomic mass is 9.73. The van der Waals surface area contributed by atoms with E-state index >= 15 is 0 Å². The minimum absolute atomic E-state index is 0.0784. The maximum absolute atomic E-state index is 11.4. The topological polar surface area (TPSA) is 103 Å². The fourth-order valence-electron chi connectivity index (χ4n) is 2.44. The predicted octanol–water partition coefficient (Wildman–Crippen LogP) is 0.809. The number of imidazole rings is 1. The zero-order valence-corrected chi connectivity index (χ0v) is 12.3. The molecule has 0 saturated carbocycles. The molecule has 3 atom stereocenters. The van der Waals surface area contributed by atoms with Crippen LogP contribution < -0.4 is 0 Å². The van der Waals surface area contributed by atoms with Crippen molar-refractivity contribution in [1.82, 2.24) is 9.97 Å². The molecule has 0 radical (unpaired) electrons. The van der Waals surface area contributed by atoms with E-state index in [1.54, 1.807) is 6.20 Å². The van der Waals surface area contributed by atoms with Crippen LogP contribution in [0.25, 0.3) is 0 Å². The molecule has 0 aliphatic carbocycles. The molecule has 112 valence electrons. The lowest BCUT2D eigenvalue weighted by Gasteiger charge is -2.36. The number of aromatic nitrogens is 2. The SMILES string of the molecule is CC(C)(C)C(c1cnc[nH]1)C(O)C[C@](C)(O)C(=O)C=O. The van der Waals surface area contributed by atoms with Crippen LogP contribution in [-0.4, -0.2) is 44.0 Å². The van der Waals surface area contributed by atoms with Gasteiger partial charge in [0.2, 0.25) is 5.78 Å². The van der Waals surface area contributed by atoms with Gasteiger partial charge in [0.05, 0.1) is 12.4 Å². The maximum atomic E-state index is 11.4. The molecule has 1 rings (SSSR count). The smallest absolute Gasteiger partial charge is 0.226 e. The molecule has 1 aromatic rings. The Morgan fingerprint density at radius 3 is 2.45 bits per heavy atom. The summed E-state index contributed by atoms with van der Waals surface area (Å²) in [6.45, 7) is 7.06. The van der Waals surface area contributed by atoms with Crippen molar-refractivity contribution < 1.29 is 19.8 Å². The third kappa shape index (κ3) is 3.74. The van der Waals surface area contributed by atoms with Crippen LogP contribution in [0, 0.1) is 5.41 Å². The van der Waals surface area contributed by atoms with E-state index < -0.39 is 17.5 Å². The largest absolute Gasteiger partial charge is 0.392 e. The van der Waals surface area contributed by atoms with Gasteiger partial charge in [-0.3, -0.25) is 9.59 Å². The molecule has 1 aromatic heterocycles. The zero-order valence-electron chi connectivity index (χ0n) is 12.3. The molecule has 0 bridgehead atoms. The molecule has 0 aliphatic rings. The van der Waals surface area contributed by atoms with Gasteiger partial charge in [-0.05, 0) is 12.3 Å². The van der Waals surface area contributed by atoms with Gasteiger partial charge in [0, 0.05) is 24.2 Å². The van der Waals surface area contributed by atoms with E-state index in [4.69, 9.17) is 0 Å². The highest BCUT2D eigenvalue weighted by Gasteiger charge is 2.40. The Hall–Kier alpha value is -1.53. The minimum atomic E-state index is -1.87. The molecule has 0 spiro atoms. The Morgan fingerprint density at radius 2 is 2.05 bits per heavy atom. The summed E-state index contributed by atoms with van der Waals surface area (Å²) in [5.74, 6) is -1.29. The number of aldehydes is 1. The fraction of sp³-hybridized carbons (Fsp3) is 0.643. The number of hydrogen-bond donors (Lipinski definition) is 3. The van der Waals surface area contributed by atoms with Gasteiger partial charge < -0.3 is 15.2 Å². The van der Waals surface area contributed by atoms with Gasteiger partial charge in [0.15, 0.2) is 6.29 Å². The molecule has 3 N–H and O–H groups in total. The van der Waals surface area contributed by atoms with E-state index in [1.165, 1.54) is 13.3 Å². The van der Waals surface area contributed by atoms with Crippen molar-refractivity contribution in [3.05, 3.63) is 18.2 Å². The quantitative estimate of drug-likeness (QED) is 0.529. The van der Waals surface area contributed by atoms with Crippen molar-refractivity contribution in [1.29, 1.82) is 0 Å². The van der Waals surface area contributed by atoms with Gasteiger partial charge in [0.25, 0.3) is 0 Å². The summed E-state index contributed by atoms with van der Waals surface area (Å²) in [7, 11) is 0. The van der Waals surface area contributed by atoms with E-state index in [-0.39, 0.29) is 24.0 Å². The number of Topliss-reactive ketones (excluding diaryl/α,β-unsaturated/α-hetero) is 1. The Morgan fingerprint density at radius 1 is 1.45 bits per heavy atom. The highest BCUT2D eigenvalue weighted by Crippen LogP contribution is 2.39. The lowest BCUT2D eigenvalue weighted by molar-refractivity contribution is -0.144. The van der Waals surface area contributed by atoms with Gasteiger partial charge in [-0.15, -0.1) is 0 Å². The summed E-state index contributed by atoms with van der Waals surface area (Å²) >= 11 is 0. The first-order valence-electron chi connectivity index (χ1n) is 6.48. The van der Waals surface area contributed by atoms with Crippen molar-refractivity contribution in [3.63, 3.8) is 0 Å². The van der Waals surface area contributed by atoms with Crippen LogP contribution in [0.1, 0.15) is 45.7 Å². The highest BCUT2D eigenvalue weighted by molar-refractivity contribution is 6.28. The van der Waals surface area contributed by atoms with Crippen molar-refractivity contribution in [2.75, 3.05) is 0 Å². The predicted molar refractivity (Wildman–Crippen MR) is 73.1 cm³/mol. The molecule has 6 heteroatoms. The van der Waals surface area contributed by atoms with Gasteiger partial charge >= 0.3 is 0 Å². The van der Waals surface area contributed by atoms with Gasteiger partial charge in [-0.1, -0.05) is 20.8 Å². The van der Waals surface area contributed by atoms with Gasteiger partial charge in [-0.25, -0.2) is 4.98 Å². The third-order valence-corrected chi connectivity index (χ3v) is 3.42. The molecule has 0 fully saturated rings. The lowest BCUT2D eigenvalue weighted by Crippen LogP contribution is -2.43. The molecule has 0 aliphatic heterocycles. The molecular formula is C14H22N2O4.